The molecule has 0 spiro atoms. The molecular formula is C16H21N3O2. The van der Waals surface area contributed by atoms with E-state index in [2.05, 4.69) is 6.07 Å². The van der Waals surface area contributed by atoms with Crippen molar-refractivity contribution in [3.05, 3.63) is 29.3 Å². The lowest BCUT2D eigenvalue weighted by Gasteiger charge is -2.42. The van der Waals surface area contributed by atoms with Gasteiger partial charge in [0.1, 0.15) is 11.8 Å². The van der Waals surface area contributed by atoms with E-state index in [1.54, 1.807) is 12.1 Å². The minimum Gasteiger partial charge on any atom is -0.495 e. The lowest BCUT2D eigenvalue weighted by Crippen LogP contribution is -2.51. The summed E-state index contributed by atoms with van der Waals surface area (Å²) in [4.78, 5) is 14.1. The first kappa shape index (κ1) is 15.3. The van der Waals surface area contributed by atoms with E-state index in [9.17, 15) is 10.1 Å². The van der Waals surface area contributed by atoms with E-state index in [1.807, 2.05) is 24.8 Å². The maximum absolute atomic E-state index is 12.2. The third-order valence-electron chi connectivity index (χ3n) is 3.93. The monoisotopic (exact) mass is 287 g/mol. The molecule has 0 radical (unpaired) electrons. The van der Waals surface area contributed by atoms with Crippen LogP contribution in [0.25, 0.3) is 0 Å². The summed E-state index contributed by atoms with van der Waals surface area (Å²) in [5, 5.41) is 9.22. The molecule has 0 aliphatic carbocycles. The average Bonchev–Trinajstić information content (AvgIpc) is 2.48. The molecule has 1 fully saturated rings. The van der Waals surface area contributed by atoms with E-state index < -0.39 is 0 Å². The Hall–Kier alpha value is -2.06. The molecule has 2 N–H and O–H groups in total. The van der Waals surface area contributed by atoms with Crippen molar-refractivity contribution in [2.45, 2.75) is 44.8 Å². The number of rotatable bonds is 3. The first-order chi connectivity index (χ1) is 9.99. The molecule has 1 amide bonds. The number of carbonyl (C=O) groups excluding carboxylic acids is 1. The third kappa shape index (κ3) is 2.86. The number of hydrogen-bond acceptors (Lipinski definition) is 4. The summed E-state index contributed by atoms with van der Waals surface area (Å²) in [5.74, 6) is 0.652. The summed E-state index contributed by atoms with van der Waals surface area (Å²) in [6, 6.07) is 7.31. The Bertz CT molecular complexity index is 577. The van der Waals surface area contributed by atoms with Crippen LogP contribution in [0.3, 0.4) is 0 Å². The molecule has 2 rings (SSSR count). The molecule has 0 saturated carbocycles. The number of piperidine rings is 1. The smallest absolute Gasteiger partial charge is 0.223 e. The fraction of sp³-hybridized carbons (Fsp3) is 0.500. The Morgan fingerprint density at radius 2 is 2.19 bits per heavy atom. The Labute approximate surface area is 125 Å². The fourth-order valence-corrected chi connectivity index (χ4v) is 2.95. The molecule has 1 aromatic rings. The van der Waals surface area contributed by atoms with Crippen molar-refractivity contribution in [3.63, 3.8) is 0 Å². The highest BCUT2D eigenvalue weighted by Crippen LogP contribution is 2.34. The molecule has 5 heteroatoms. The van der Waals surface area contributed by atoms with Crippen LogP contribution >= 0.6 is 0 Å². The molecule has 2 unspecified atom stereocenters. The number of amides is 1. The molecular weight excluding hydrogens is 266 g/mol. The number of nitrogens with two attached hydrogens (primary N) is 1. The summed E-state index contributed by atoms with van der Waals surface area (Å²) in [7, 11) is 1.53. The largest absolute Gasteiger partial charge is 0.495 e. The molecule has 1 heterocycles. The second-order valence-electron chi connectivity index (χ2n) is 5.61. The van der Waals surface area contributed by atoms with Crippen molar-refractivity contribution in [1.29, 1.82) is 5.26 Å². The van der Waals surface area contributed by atoms with Crippen LogP contribution in [0.2, 0.25) is 0 Å². The van der Waals surface area contributed by atoms with E-state index >= 15 is 0 Å². The molecule has 1 saturated heterocycles. The lowest BCUT2D eigenvalue weighted by atomic mass is 9.88. The number of nitriles is 1. The highest BCUT2D eigenvalue weighted by molar-refractivity contribution is 5.78. The second kappa shape index (κ2) is 6.15. The van der Waals surface area contributed by atoms with Gasteiger partial charge in [0, 0.05) is 18.5 Å². The van der Waals surface area contributed by atoms with Gasteiger partial charge < -0.3 is 15.4 Å². The standard InChI is InChI=1S/C16H21N3O2/c1-10(2)19-15(20)7-5-13(18)16(19)11-4-6-14(21-3)12(8-11)9-17/h4,6,8,10,13,16H,5,7,18H2,1-3H3. The van der Waals surface area contributed by atoms with Crippen LogP contribution < -0.4 is 10.5 Å². The Morgan fingerprint density at radius 3 is 2.76 bits per heavy atom. The van der Waals surface area contributed by atoms with Crippen LogP contribution in [0.15, 0.2) is 18.2 Å². The SMILES string of the molecule is COc1ccc(C2C(N)CCC(=O)N2C(C)C)cc1C#N. The van der Waals surface area contributed by atoms with Gasteiger partial charge in [0.2, 0.25) is 5.91 Å². The first-order valence-corrected chi connectivity index (χ1v) is 7.14. The zero-order valence-electron chi connectivity index (χ0n) is 12.7. The van der Waals surface area contributed by atoms with Gasteiger partial charge >= 0.3 is 0 Å². The summed E-state index contributed by atoms with van der Waals surface area (Å²) in [6.45, 7) is 3.97. The number of hydrogen-bond donors (Lipinski definition) is 1. The summed E-state index contributed by atoms with van der Waals surface area (Å²) < 4.78 is 5.17. The van der Waals surface area contributed by atoms with Gasteiger partial charge in [-0.2, -0.15) is 5.26 Å². The molecule has 1 aliphatic heterocycles. The van der Waals surface area contributed by atoms with Crippen LogP contribution in [0.4, 0.5) is 0 Å². The van der Waals surface area contributed by atoms with Crippen LogP contribution in [0.5, 0.6) is 5.75 Å². The topological polar surface area (TPSA) is 79.3 Å². The maximum atomic E-state index is 12.2. The normalized spacial score (nSPS) is 22.3. The van der Waals surface area contributed by atoms with E-state index in [1.165, 1.54) is 7.11 Å². The highest BCUT2D eigenvalue weighted by Gasteiger charge is 2.36. The number of ether oxygens (including phenoxy) is 1. The summed E-state index contributed by atoms with van der Waals surface area (Å²) in [6.07, 6.45) is 1.15. The van der Waals surface area contributed by atoms with Crippen LogP contribution in [0.1, 0.15) is 43.9 Å². The molecule has 2 atom stereocenters. The van der Waals surface area contributed by atoms with Crippen molar-refractivity contribution in [3.8, 4) is 11.8 Å². The van der Waals surface area contributed by atoms with E-state index in [4.69, 9.17) is 10.5 Å². The van der Waals surface area contributed by atoms with Crippen molar-refractivity contribution in [2.75, 3.05) is 7.11 Å². The van der Waals surface area contributed by atoms with Crippen LogP contribution in [-0.2, 0) is 4.79 Å². The number of carbonyl (C=O) groups is 1. The van der Waals surface area contributed by atoms with Gasteiger partial charge in [-0.05, 0) is 38.0 Å². The minimum atomic E-state index is -0.191. The first-order valence-electron chi connectivity index (χ1n) is 7.14. The molecule has 112 valence electrons. The molecule has 0 bridgehead atoms. The minimum absolute atomic E-state index is 0.0708. The molecule has 1 aromatic carbocycles. The molecule has 1 aliphatic rings. The van der Waals surface area contributed by atoms with Crippen molar-refractivity contribution >= 4 is 5.91 Å². The number of nitrogens with zero attached hydrogens (tertiary/aromatic N) is 2. The van der Waals surface area contributed by atoms with Crippen LogP contribution in [0, 0.1) is 11.3 Å². The van der Waals surface area contributed by atoms with E-state index in [-0.39, 0.29) is 24.0 Å². The molecule has 5 nitrogen and oxygen atoms in total. The highest BCUT2D eigenvalue weighted by atomic mass is 16.5. The number of methoxy groups -OCH3 is 1. The van der Waals surface area contributed by atoms with Crippen molar-refractivity contribution in [1.82, 2.24) is 4.90 Å². The number of likely N-dealkylation sites (tertiary alicyclic amines) is 1. The fourth-order valence-electron chi connectivity index (χ4n) is 2.95. The van der Waals surface area contributed by atoms with E-state index in [0.29, 0.717) is 24.2 Å². The van der Waals surface area contributed by atoms with Gasteiger partial charge in [-0.3, -0.25) is 4.79 Å². The van der Waals surface area contributed by atoms with Gasteiger partial charge in [-0.15, -0.1) is 0 Å². The second-order valence-corrected chi connectivity index (χ2v) is 5.61. The molecule has 21 heavy (non-hydrogen) atoms. The Morgan fingerprint density at radius 1 is 1.48 bits per heavy atom. The van der Waals surface area contributed by atoms with Gasteiger partial charge in [0.05, 0.1) is 18.7 Å². The van der Waals surface area contributed by atoms with Gasteiger partial charge in [0.25, 0.3) is 0 Å². The van der Waals surface area contributed by atoms with Crippen molar-refractivity contribution in [2.24, 2.45) is 5.73 Å². The molecule has 0 aromatic heterocycles. The number of benzene rings is 1. The van der Waals surface area contributed by atoms with Gasteiger partial charge in [-0.25, -0.2) is 0 Å². The van der Waals surface area contributed by atoms with Crippen LogP contribution in [-0.4, -0.2) is 30.0 Å². The summed E-state index contributed by atoms with van der Waals surface area (Å²) in [5.41, 5.74) is 7.61. The Balaban J connectivity index is 2.46. The zero-order valence-corrected chi connectivity index (χ0v) is 12.7. The Kier molecular flexibility index (Phi) is 4.49. The van der Waals surface area contributed by atoms with E-state index in [0.717, 1.165) is 5.56 Å². The lowest BCUT2D eigenvalue weighted by molar-refractivity contribution is -0.139. The zero-order chi connectivity index (χ0) is 15.6. The third-order valence-corrected chi connectivity index (χ3v) is 3.93. The predicted molar refractivity (Wildman–Crippen MR) is 79.6 cm³/mol. The maximum Gasteiger partial charge on any atom is 0.223 e. The van der Waals surface area contributed by atoms with Gasteiger partial charge in [0.15, 0.2) is 0 Å². The van der Waals surface area contributed by atoms with Gasteiger partial charge in [-0.1, -0.05) is 6.07 Å². The quantitative estimate of drug-likeness (QED) is 0.921. The average molecular weight is 287 g/mol. The predicted octanol–water partition coefficient (Wildman–Crippen LogP) is 1.97. The van der Waals surface area contributed by atoms with Crippen molar-refractivity contribution < 1.29 is 9.53 Å². The summed E-state index contributed by atoms with van der Waals surface area (Å²) >= 11 is 0.